The Bertz CT molecular complexity index is 1150. The van der Waals surface area contributed by atoms with E-state index in [1.807, 2.05) is 34.1 Å². The lowest BCUT2D eigenvalue weighted by molar-refractivity contribution is -0.117. The molecule has 2 N–H and O–H groups in total. The second-order valence-corrected chi connectivity index (χ2v) is 12.4. The van der Waals surface area contributed by atoms with Crippen molar-refractivity contribution in [2.24, 2.45) is 11.8 Å². The minimum absolute atomic E-state index is 0.0152. The highest BCUT2D eigenvalue weighted by Gasteiger charge is 2.25. The first kappa shape index (κ1) is 32.2. The van der Waals surface area contributed by atoms with Gasteiger partial charge in [-0.05, 0) is 74.6 Å². The molecular formula is C35H48N4O4. The van der Waals surface area contributed by atoms with Crippen molar-refractivity contribution in [2.45, 2.75) is 84.5 Å². The van der Waals surface area contributed by atoms with Gasteiger partial charge in [-0.25, -0.2) is 0 Å². The summed E-state index contributed by atoms with van der Waals surface area (Å²) in [6.45, 7) is 7.47. The molecule has 43 heavy (non-hydrogen) atoms. The van der Waals surface area contributed by atoms with Crippen LogP contribution in [-0.2, 0) is 9.59 Å². The summed E-state index contributed by atoms with van der Waals surface area (Å²) in [4.78, 5) is 55.2. The SMILES string of the molecule is CC1CCN(C(=O)c2ccccc2NC(=O)CCCCCCCC(=O)Nc2ccccc2C(=O)N2CCC(C)CC2)CC1. The van der Waals surface area contributed by atoms with Gasteiger partial charge in [-0.15, -0.1) is 0 Å². The van der Waals surface area contributed by atoms with Gasteiger partial charge >= 0.3 is 0 Å². The summed E-state index contributed by atoms with van der Waals surface area (Å²) in [7, 11) is 0. The number of piperidine rings is 2. The van der Waals surface area contributed by atoms with Crippen molar-refractivity contribution >= 4 is 35.0 Å². The lowest BCUT2D eigenvalue weighted by Crippen LogP contribution is -2.38. The Kier molecular flexibility index (Phi) is 12.2. The number of carbonyl (C=O) groups is 4. The molecular weight excluding hydrogens is 540 g/mol. The number of nitrogens with zero attached hydrogens (tertiary/aromatic N) is 2. The van der Waals surface area contributed by atoms with Gasteiger partial charge in [0.1, 0.15) is 0 Å². The van der Waals surface area contributed by atoms with Crippen molar-refractivity contribution in [3.8, 4) is 0 Å². The number of rotatable bonds is 12. The number of nitrogens with one attached hydrogen (secondary N) is 2. The highest BCUT2D eigenvalue weighted by molar-refractivity contribution is 6.04. The molecule has 0 unspecified atom stereocenters. The standard InChI is InChI=1S/C35H48N4O4/c1-26-18-22-38(23-19-26)34(42)28-12-8-10-14-30(28)36-32(40)16-6-4-3-5-7-17-33(41)37-31-15-11-9-13-29(31)35(43)39-24-20-27(2)21-25-39/h8-15,26-27H,3-7,16-25H2,1-2H3,(H,36,40)(H,37,41). The number of unbranched alkanes of at least 4 members (excludes halogenated alkanes) is 4. The number of benzene rings is 2. The zero-order valence-corrected chi connectivity index (χ0v) is 25.9. The maximum Gasteiger partial charge on any atom is 0.255 e. The van der Waals surface area contributed by atoms with Crippen molar-refractivity contribution in [3.63, 3.8) is 0 Å². The van der Waals surface area contributed by atoms with E-state index in [4.69, 9.17) is 0 Å². The summed E-state index contributed by atoms with van der Waals surface area (Å²) in [5.41, 5.74) is 2.26. The molecule has 232 valence electrons. The molecule has 8 heteroatoms. The smallest absolute Gasteiger partial charge is 0.255 e. The Morgan fingerprint density at radius 1 is 0.581 bits per heavy atom. The van der Waals surface area contributed by atoms with Gasteiger partial charge in [0.15, 0.2) is 0 Å². The summed E-state index contributed by atoms with van der Waals surface area (Å²) < 4.78 is 0. The molecule has 0 saturated carbocycles. The van der Waals surface area contributed by atoms with Gasteiger partial charge in [-0.1, -0.05) is 57.4 Å². The Labute approximate surface area is 256 Å². The summed E-state index contributed by atoms with van der Waals surface area (Å²) in [6.07, 6.45) is 9.07. The topological polar surface area (TPSA) is 98.8 Å². The maximum atomic E-state index is 13.1. The van der Waals surface area contributed by atoms with Crippen LogP contribution in [0, 0.1) is 11.8 Å². The van der Waals surface area contributed by atoms with Crippen molar-refractivity contribution in [2.75, 3.05) is 36.8 Å². The van der Waals surface area contributed by atoms with Crippen LogP contribution < -0.4 is 10.6 Å². The van der Waals surface area contributed by atoms with Gasteiger partial charge in [-0.3, -0.25) is 19.2 Å². The minimum atomic E-state index is -0.0841. The second-order valence-electron chi connectivity index (χ2n) is 12.4. The summed E-state index contributed by atoms with van der Waals surface area (Å²) in [5, 5.41) is 5.90. The van der Waals surface area contributed by atoms with Crippen LogP contribution in [0.15, 0.2) is 48.5 Å². The second kappa shape index (κ2) is 16.2. The molecule has 0 aromatic heterocycles. The van der Waals surface area contributed by atoms with Gasteiger partial charge in [0.05, 0.1) is 22.5 Å². The largest absolute Gasteiger partial charge is 0.339 e. The maximum absolute atomic E-state index is 13.1. The zero-order valence-electron chi connectivity index (χ0n) is 25.9. The lowest BCUT2D eigenvalue weighted by atomic mass is 9.98. The van der Waals surface area contributed by atoms with E-state index in [-0.39, 0.29) is 23.6 Å². The van der Waals surface area contributed by atoms with Crippen LogP contribution in [0.2, 0.25) is 0 Å². The number of hydrogen-bond donors (Lipinski definition) is 2. The highest BCUT2D eigenvalue weighted by atomic mass is 16.2. The van der Waals surface area contributed by atoms with Crippen LogP contribution in [0.5, 0.6) is 0 Å². The molecule has 0 bridgehead atoms. The first-order valence-corrected chi connectivity index (χ1v) is 16.2. The Hall–Kier alpha value is -3.68. The molecule has 8 nitrogen and oxygen atoms in total. The Morgan fingerprint density at radius 2 is 0.930 bits per heavy atom. The molecule has 4 amide bonds. The first-order chi connectivity index (χ1) is 20.8. The fourth-order valence-corrected chi connectivity index (χ4v) is 5.85. The van der Waals surface area contributed by atoms with Crippen molar-refractivity contribution in [1.82, 2.24) is 9.80 Å². The van der Waals surface area contributed by atoms with Gasteiger partial charge < -0.3 is 20.4 Å². The van der Waals surface area contributed by atoms with Gasteiger partial charge in [0, 0.05) is 39.0 Å². The molecule has 0 aliphatic carbocycles. The molecule has 2 fully saturated rings. The van der Waals surface area contributed by atoms with Gasteiger partial charge in [-0.2, -0.15) is 0 Å². The van der Waals surface area contributed by atoms with Crippen LogP contribution >= 0.6 is 0 Å². The lowest BCUT2D eigenvalue weighted by Gasteiger charge is -2.30. The Morgan fingerprint density at radius 3 is 1.33 bits per heavy atom. The van der Waals surface area contributed by atoms with E-state index in [0.29, 0.717) is 47.2 Å². The predicted octanol–water partition coefficient (Wildman–Crippen LogP) is 6.74. The minimum Gasteiger partial charge on any atom is -0.339 e. The van der Waals surface area contributed by atoms with E-state index in [1.54, 1.807) is 24.3 Å². The van der Waals surface area contributed by atoms with E-state index in [2.05, 4.69) is 24.5 Å². The number of para-hydroxylation sites is 2. The summed E-state index contributed by atoms with van der Waals surface area (Å²) >= 11 is 0. The molecule has 0 atom stereocenters. The molecule has 2 aliphatic rings. The molecule has 0 spiro atoms. The molecule has 0 radical (unpaired) electrons. The van der Waals surface area contributed by atoms with E-state index in [9.17, 15) is 19.2 Å². The predicted molar refractivity (Wildman–Crippen MR) is 171 cm³/mol. The molecule has 2 heterocycles. The van der Waals surface area contributed by atoms with Gasteiger partial charge in [0.25, 0.3) is 11.8 Å². The first-order valence-electron chi connectivity index (χ1n) is 16.2. The third kappa shape index (κ3) is 9.66. The average molecular weight is 589 g/mol. The monoisotopic (exact) mass is 588 g/mol. The van der Waals surface area contributed by atoms with E-state index in [0.717, 1.165) is 84.0 Å². The van der Waals surface area contributed by atoms with Crippen molar-refractivity contribution in [1.29, 1.82) is 0 Å². The van der Waals surface area contributed by atoms with Crippen LogP contribution in [0.1, 0.15) is 105 Å². The van der Waals surface area contributed by atoms with Crippen molar-refractivity contribution < 1.29 is 19.2 Å². The van der Waals surface area contributed by atoms with E-state index >= 15 is 0 Å². The third-order valence-corrected chi connectivity index (χ3v) is 8.81. The number of amides is 4. The number of carbonyl (C=O) groups excluding carboxylic acids is 4. The highest BCUT2D eigenvalue weighted by Crippen LogP contribution is 2.24. The van der Waals surface area contributed by atoms with Crippen LogP contribution in [0.4, 0.5) is 11.4 Å². The summed E-state index contributed by atoms with van der Waals surface area (Å²) in [6, 6.07) is 14.5. The number of likely N-dealkylation sites (tertiary alicyclic amines) is 2. The zero-order chi connectivity index (χ0) is 30.6. The molecule has 2 aliphatic heterocycles. The van der Waals surface area contributed by atoms with Crippen LogP contribution in [0.3, 0.4) is 0 Å². The summed E-state index contributed by atoms with van der Waals surface area (Å²) in [5.74, 6) is 1.09. The molecule has 4 rings (SSSR count). The normalized spacial score (nSPS) is 16.1. The Balaban J connectivity index is 1.12. The number of anilines is 2. The van der Waals surface area contributed by atoms with E-state index < -0.39 is 0 Å². The molecule has 2 saturated heterocycles. The molecule has 2 aromatic rings. The number of hydrogen-bond acceptors (Lipinski definition) is 4. The average Bonchev–Trinajstić information content (AvgIpc) is 3.01. The van der Waals surface area contributed by atoms with Crippen molar-refractivity contribution in [3.05, 3.63) is 59.7 Å². The molecule has 2 aromatic carbocycles. The fourth-order valence-electron chi connectivity index (χ4n) is 5.85. The fraction of sp³-hybridized carbons (Fsp3) is 0.543. The van der Waals surface area contributed by atoms with E-state index in [1.165, 1.54) is 0 Å². The van der Waals surface area contributed by atoms with Gasteiger partial charge in [0.2, 0.25) is 11.8 Å². The van der Waals surface area contributed by atoms with Crippen LogP contribution in [0.25, 0.3) is 0 Å². The van der Waals surface area contributed by atoms with Crippen LogP contribution in [-0.4, -0.2) is 59.6 Å². The quantitative estimate of drug-likeness (QED) is 0.268. The third-order valence-electron chi connectivity index (χ3n) is 8.81.